The molecule has 1 saturated heterocycles. The smallest absolute Gasteiger partial charge is 0.257 e. The van der Waals surface area contributed by atoms with Crippen LogP contribution >= 0.6 is 11.6 Å². The van der Waals surface area contributed by atoms with E-state index in [1.54, 1.807) is 4.90 Å². The van der Waals surface area contributed by atoms with Crippen LogP contribution in [0.3, 0.4) is 0 Å². The van der Waals surface area contributed by atoms with Crippen molar-refractivity contribution in [3.8, 4) is 0 Å². The Kier molecular flexibility index (Phi) is 3.85. The van der Waals surface area contributed by atoms with E-state index in [4.69, 9.17) is 11.6 Å². The molecule has 0 aliphatic carbocycles. The van der Waals surface area contributed by atoms with Gasteiger partial charge < -0.3 is 4.90 Å². The predicted molar refractivity (Wildman–Crippen MR) is 68.1 cm³/mol. The summed E-state index contributed by atoms with van der Waals surface area (Å²) in [6.45, 7) is 4.80. The van der Waals surface area contributed by atoms with Crippen LogP contribution in [-0.4, -0.2) is 28.4 Å². The van der Waals surface area contributed by atoms with Gasteiger partial charge in [0.2, 0.25) is 0 Å². The van der Waals surface area contributed by atoms with E-state index >= 15 is 0 Å². The highest BCUT2D eigenvalue weighted by molar-refractivity contribution is 6.32. The van der Waals surface area contributed by atoms with Crippen molar-refractivity contribution in [2.45, 2.75) is 32.7 Å². The monoisotopic (exact) mass is 270 g/mol. The first-order valence-corrected chi connectivity index (χ1v) is 6.49. The van der Waals surface area contributed by atoms with Crippen molar-refractivity contribution in [2.75, 3.05) is 6.54 Å². The number of carbonyl (C=O) groups excluding carboxylic acids is 1. The summed E-state index contributed by atoms with van der Waals surface area (Å²) in [5.74, 6) is -0.308. The molecule has 18 heavy (non-hydrogen) atoms. The Morgan fingerprint density at radius 3 is 2.94 bits per heavy atom. The molecule has 1 amide bonds. The molecule has 0 N–H and O–H groups in total. The maximum atomic E-state index is 13.2. The minimum atomic E-state index is -0.541. The molecule has 2 unspecified atom stereocenters. The largest absolute Gasteiger partial charge is 0.336 e. The van der Waals surface area contributed by atoms with Crippen molar-refractivity contribution in [1.82, 2.24) is 9.88 Å². The van der Waals surface area contributed by atoms with E-state index in [-0.39, 0.29) is 22.7 Å². The quantitative estimate of drug-likeness (QED) is 0.735. The van der Waals surface area contributed by atoms with Crippen LogP contribution in [0.1, 0.15) is 37.0 Å². The van der Waals surface area contributed by atoms with Gasteiger partial charge in [0.15, 0.2) is 0 Å². The minimum absolute atomic E-state index is 0.0619. The average Bonchev–Trinajstić information content (AvgIpc) is 2.34. The Hall–Kier alpha value is -1.16. The number of hydrogen-bond acceptors (Lipinski definition) is 2. The predicted octanol–water partition coefficient (Wildman–Crippen LogP) is 3.13. The molecule has 1 aliphatic rings. The van der Waals surface area contributed by atoms with Gasteiger partial charge in [-0.2, -0.15) is 0 Å². The van der Waals surface area contributed by atoms with E-state index in [0.717, 1.165) is 25.1 Å². The summed E-state index contributed by atoms with van der Waals surface area (Å²) >= 11 is 5.87. The first-order valence-electron chi connectivity index (χ1n) is 6.11. The van der Waals surface area contributed by atoms with Crippen molar-refractivity contribution in [3.05, 3.63) is 28.8 Å². The van der Waals surface area contributed by atoms with Gasteiger partial charge in [-0.15, -0.1) is 0 Å². The number of hydrogen-bond donors (Lipinski definition) is 0. The minimum Gasteiger partial charge on any atom is -0.336 e. The lowest BCUT2D eigenvalue weighted by Crippen LogP contribution is -2.45. The average molecular weight is 271 g/mol. The molecule has 0 radical (unpaired) electrons. The second-order valence-corrected chi connectivity index (χ2v) is 5.34. The van der Waals surface area contributed by atoms with E-state index in [0.29, 0.717) is 12.5 Å². The fourth-order valence-electron chi connectivity index (χ4n) is 2.30. The molecule has 1 fully saturated rings. The Morgan fingerprint density at radius 2 is 2.22 bits per heavy atom. The topological polar surface area (TPSA) is 33.2 Å². The van der Waals surface area contributed by atoms with E-state index in [1.807, 2.05) is 6.92 Å². The SMILES string of the molecule is CC1CCC(C)N(C(=O)c2cc(F)cnc2Cl)C1. The lowest BCUT2D eigenvalue weighted by Gasteiger charge is -2.36. The van der Waals surface area contributed by atoms with Gasteiger partial charge in [0.25, 0.3) is 5.91 Å². The number of pyridine rings is 1. The molecular weight excluding hydrogens is 255 g/mol. The van der Waals surface area contributed by atoms with Crippen LogP contribution < -0.4 is 0 Å². The molecule has 3 nitrogen and oxygen atoms in total. The zero-order chi connectivity index (χ0) is 13.3. The zero-order valence-corrected chi connectivity index (χ0v) is 11.2. The van der Waals surface area contributed by atoms with Crippen LogP contribution in [0.25, 0.3) is 0 Å². The summed E-state index contributed by atoms with van der Waals surface area (Å²) in [5, 5.41) is 0.0619. The van der Waals surface area contributed by atoms with Crippen molar-refractivity contribution in [2.24, 2.45) is 5.92 Å². The number of likely N-dealkylation sites (tertiary alicyclic amines) is 1. The van der Waals surface area contributed by atoms with Crippen molar-refractivity contribution >= 4 is 17.5 Å². The summed E-state index contributed by atoms with van der Waals surface area (Å²) < 4.78 is 13.2. The third-order valence-electron chi connectivity index (χ3n) is 3.41. The summed E-state index contributed by atoms with van der Waals surface area (Å²) in [5.41, 5.74) is 0.151. The number of carbonyl (C=O) groups is 1. The number of amides is 1. The Bertz CT molecular complexity index is 466. The Morgan fingerprint density at radius 1 is 1.50 bits per heavy atom. The van der Waals surface area contributed by atoms with Crippen molar-refractivity contribution in [1.29, 1.82) is 0 Å². The molecule has 5 heteroatoms. The molecular formula is C13H16ClFN2O. The van der Waals surface area contributed by atoms with Crippen LogP contribution in [0.2, 0.25) is 5.15 Å². The highest BCUT2D eigenvalue weighted by atomic mass is 35.5. The van der Waals surface area contributed by atoms with Crippen LogP contribution in [0.15, 0.2) is 12.3 Å². The van der Waals surface area contributed by atoms with Crippen molar-refractivity contribution in [3.63, 3.8) is 0 Å². The van der Waals surface area contributed by atoms with Crippen LogP contribution in [-0.2, 0) is 0 Å². The third-order valence-corrected chi connectivity index (χ3v) is 3.72. The van der Waals surface area contributed by atoms with Gasteiger partial charge in [-0.1, -0.05) is 18.5 Å². The standard InChI is InChI=1S/C13H16ClFN2O/c1-8-3-4-9(2)17(7-8)13(18)11-5-10(15)6-16-12(11)14/h5-6,8-9H,3-4,7H2,1-2H3. The molecule has 0 aromatic carbocycles. The third kappa shape index (κ3) is 2.64. The van der Waals surface area contributed by atoms with E-state index in [1.165, 1.54) is 0 Å². The van der Waals surface area contributed by atoms with E-state index in [9.17, 15) is 9.18 Å². The summed E-state index contributed by atoms with van der Waals surface area (Å²) in [6, 6.07) is 1.32. The molecule has 98 valence electrons. The lowest BCUT2D eigenvalue weighted by molar-refractivity contribution is 0.0573. The lowest BCUT2D eigenvalue weighted by atomic mass is 9.94. The van der Waals surface area contributed by atoms with Crippen LogP contribution in [0.4, 0.5) is 4.39 Å². The highest BCUT2D eigenvalue weighted by Gasteiger charge is 2.29. The van der Waals surface area contributed by atoms with Gasteiger partial charge in [-0.05, 0) is 31.7 Å². The van der Waals surface area contributed by atoms with Crippen LogP contribution in [0, 0.1) is 11.7 Å². The molecule has 0 bridgehead atoms. The molecule has 1 aromatic rings. The summed E-state index contributed by atoms with van der Waals surface area (Å²) in [4.78, 5) is 17.8. The number of halogens is 2. The Labute approximate surface area is 111 Å². The highest BCUT2D eigenvalue weighted by Crippen LogP contribution is 2.25. The normalized spacial score (nSPS) is 24.1. The van der Waals surface area contributed by atoms with Gasteiger partial charge in [0.05, 0.1) is 11.8 Å². The molecule has 0 saturated carbocycles. The zero-order valence-electron chi connectivity index (χ0n) is 10.5. The molecule has 0 spiro atoms. The first-order chi connectivity index (χ1) is 8.49. The molecule has 2 heterocycles. The number of rotatable bonds is 1. The molecule has 2 atom stereocenters. The van der Waals surface area contributed by atoms with E-state index in [2.05, 4.69) is 11.9 Å². The van der Waals surface area contributed by atoms with Gasteiger partial charge in [-0.25, -0.2) is 9.37 Å². The van der Waals surface area contributed by atoms with Gasteiger partial charge in [0, 0.05) is 12.6 Å². The van der Waals surface area contributed by atoms with Gasteiger partial charge in [0.1, 0.15) is 11.0 Å². The van der Waals surface area contributed by atoms with Gasteiger partial charge >= 0.3 is 0 Å². The van der Waals surface area contributed by atoms with Crippen LogP contribution in [0.5, 0.6) is 0 Å². The first kappa shape index (κ1) is 13.3. The Balaban J connectivity index is 2.27. The summed E-state index contributed by atoms with van der Waals surface area (Å²) in [7, 11) is 0. The second kappa shape index (κ2) is 5.22. The molecule has 1 aliphatic heterocycles. The summed E-state index contributed by atoms with van der Waals surface area (Å²) in [6.07, 6.45) is 3.09. The number of nitrogens with zero attached hydrogens (tertiary/aromatic N) is 2. The maximum Gasteiger partial charge on any atom is 0.257 e. The van der Waals surface area contributed by atoms with Gasteiger partial charge in [-0.3, -0.25) is 4.79 Å². The fourth-order valence-corrected chi connectivity index (χ4v) is 2.48. The fraction of sp³-hybridized carbons (Fsp3) is 0.538. The number of aromatic nitrogens is 1. The second-order valence-electron chi connectivity index (χ2n) is 4.98. The van der Waals surface area contributed by atoms with E-state index < -0.39 is 5.82 Å². The molecule has 2 rings (SSSR count). The molecule has 1 aromatic heterocycles. The maximum absolute atomic E-state index is 13.2. The van der Waals surface area contributed by atoms with Crippen molar-refractivity contribution < 1.29 is 9.18 Å². The number of piperidine rings is 1.